The summed E-state index contributed by atoms with van der Waals surface area (Å²) >= 11 is 0. The van der Waals surface area contributed by atoms with Crippen molar-refractivity contribution in [2.45, 2.75) is 38.5 Å². The molecule has 0 radical (unpaired) electrons. The van der Waals surface area contributed by atoms with Gasteiger partial charge in [0.25, 0.3) is 0 Å². The van der Waals surface area contributed by atoms with E-state index in [0.717, 1.165) is 43.8 Å². The second-order valence-corrected chi connectivity index (χ2v) is 10.0. The summed E-state index contributed by atoms with van der Waals surface area (Å²) < 4.78 is 56.8. The number of carbonyl (C=O) groups is 1. The van der Waals surface area contributed by atoms with Crippen LogP contribution in [0.4, 0.5) is 14.5 Å². The largest absolute Gasteiger partial charge is 0.317 e. The SMILES string of the molecule is CCCS(=O)(=O)Nc1ccc(F)c(C(=O)Cc2cnc3cc(C4CCNCC4)nn3c2)c1F. The Bertz CT molecular complexity index is 1290. The van der Waals surface area contributed by atoms with E-state index in [4.69, 9.17) is 0 Å². The molecule has 176 valence electrons. The predicted molar refractivity (Wildman–Crippen MR) is 120 cm³/mol. The van der Waals surface area contributed by atoms with Crippen LogP contribution in [-0.4, -0.2) is 47.6 Å². The zero-order valence-electron chi connectivity index (χ0n) is 18.1. The van der Waals surface area contributed by atoms with Gasteiger partial charge in [-0.25, -0.2) is 26.7 Å². The Morgan fingerprint density at radius 2 is 2.03 bits per heavy atom. The Morgan fingerprint density at radius 3 is 2.76 bits per heavy atom. The number of hydrogen-bond donors (Lipinski definition) is 2. The van der Waals surface area contributed by atoms with Crippen LogP contribution in [0, 0.1) is 11.6 Å². The summed E-state index contributed by atoms with van der Waals surface area (Å²) in [5.41, 5.74) is 0.743. The molecular weight excluding hydrogens is 452 g/mol. The summed E-state index contributed by atoms with van der Waals surface area (Å²) in [6, 6.07) is 3.75. The highest BCUT2D eigenvalue weighted by molar-refractivity contribution is 7.92. The number of rotatable bonds is 8. The van der Waals surface area contributed by atoms with Crippen molar-refractivity contribution in [3.8, 4) is 0 Å². The summed E-state index contributed by atoms with van der Waals surface area (Å²) in [6.45, 7) is 3.52. The van der Waals surface area contributed by atoms with Crippen molar-refractivity contribution in [1.82, 2.24) is 19.9 Å². The first kappa shape index (κ1) is 23.2. The molecule has 8 nitrogen and oxygen atoms in total. The second-order valence-electron chi connectivity index (χ2n) is 8.16. The van der Waals surface area contributed by atoms with E-state index in [0.29, 0.717) is 23.5 Å². The third kappa shape index (κ3) is 5.19. The van der Waals surface area contributed by atoms with E-state index >= 15 is 0 Å². The van der Waals surface area contributed by atoms with Crippen molar-refractivity contribution in [3.05, 3.63) is 59.0 Å². The van der Waals surface area contributed by atoms with Gasteiger partial charge in [0, 0.05) is 30.8 Å². The van der Waals surface area contributed by atoms with Crippen LogP contribution in [0.5, 0.6) is 0 Å². The molecule has 0 spiro atoms. The molecule has 2 N–H and O–H groups in total. The molecule has 1 aliphatic rings. The first-order chi connectivity index (χ1) is 15.8. The van der Waals surface area contributed by atoms with Crippen molar-refractivity contribution in [3.63, 3.8) is 0 Å². The number of Topliss-reactive ketones (excluding diaryl/α,β-unsaturated/α-hetero) is 1. The van der Waals surface area contributed by atoms with Crippen LogP contribution in [0.3, 0.4) is 0 Å². The van der Waals surface area contributed by atoms with Gasteiger partial charge in [0.1, 0.15) is 5.82 Å². The lowest BCUT2D eigenvalue weighted by molar-refractivity contribution is 0.0984. The number of hydrogen-bond acceptors (Lipinski definition) is 6. The number of piperidine rings is 1. The van der Waals surface area contributed by atoms with E-state index in [-0.39, 0.29) is 12.2 Å². The molecule has 0 atom stereocenters. The number of sulfonamides is 1. The predicted octanol–water partition coefficient (Wildman–Crippen LogP) is 3.05. The molecule has 4 rings (SSSR count). The molecule has 3 aromatic rings. The average Bonchev–Trinajstić information content (AvgIpc) is 3.20. The summed E-state index contributed by atoms with van der Waals surface area (Å²) in [5, 5.41) is 7.88. The third-order valence-corrected chi connectivity index (χ3v) is 7.09. The molecule has 0 bridgehead atoms. The van der Waals surface area contributed by atoms with E-state index in [9.17, 15) is 22.0 Å². The highest BCUT2D eigenvalue weighted by Gasteiger charge is 2.24. The van der Waals surface area contributed by atoms with Crippen LogP contribution in [0.25, 0.3) is 5.65 Å². The van der Waals surface area contributed by atoms with Crippen molar-refractivity contribution < 1.29 is 22.0 Å². The van der Waals surface area contributed by atoms with Gasteiger partial charge in [-0.3, -0.25) is 9.52 Å². The lowest BCUT2D eigenvalue weighted by Gasteiger charge is -2.20. The molecule has 33 heavy (non-hydrogen) atoms. The monoisotopic (exact) mass is 477 g/mol. The fraction of sp³-hybridized carbons (Fsp3) is 0.409. The minimum absolute atomic E-state index is 0.220. The van der Waals surface area contributed by atoms with Gasteiger partial charge in [-0.15, -0.1) is 0 Å². The van der Waals surface area contributed by atoms with Crippen LogP contribution in [-0.2, 0) is 16.4 Å². The van der Waals surface area contributed by atoms with Gasteiger partial charge in [-0.2, -0.15) is 5.10 Å². The van der Waals surface area contributed by atoms with Crippen molar-refractivity contribution >= 4 is 27.1 Å². The van der Waals surface area contributed by atoms with Crippen LogP contribution in [0.1, 0.15) is 53.7 Å². The Hall–Kier alpha value is -2.92. The van der Waals surface area contributed by atoms with Crippen LogP contribution in [0.2, 0.25) is 0 Å². The van der Waals surface area contributed by atoms with E-state index in [1.807, 2.05) is 6.07 Å². The van der Waals surface area contributed by atoms with Crippen LogP contribution in [0.15, 0.2) is 30.6 Å². The number of aromatic nitrogens is 3. The molecule has 0 saturated carbocycles. The maximum Gasteiger partial charge on any atom is 0.232 e. The summed E-state index contributed by atoms with van der Waals surface area (Å²) in [5.74, 6) is -3.01. The van der Waals surface area contributed by atoms with Crippen molar-refractivity contribution in [1.29, 1.82) is 0 Å². The zero-order valence-corrected chi connectivity index (χ0v) is 19.0. The standard InChI is InChI=1S/C22H25F2N5O3S/c1-2-9-33(31,32)28-17-4-3-16(23)21(22(17)24)19(30)10-14-12-26-20-11-18(27-29(20)13-14)15-5-7-25-8-6-15/h3-4,11-13,15,25,28H,2,5-10H2,1H3. The smallest absolute Gasteiger partial charge is 0.232 e. The molecule has 1 fully saturated rings. The molecule has 0 aliphatic carbocycles. The molecule has 1 aliphatic heterocycles. The maximum atomic E-state index is 14.9. The summed E-state index contributed by atoms with van der Waals surface area (Å²) in [7, 11) is -3.80. The van der Waals surface area contributed by atoms with Gasteiger partial charge in [0.2, 0.25) is 10.0 Å². The lowest BCUT2D eigenvalue weighted by Crippen LogP contribution is -2.26. The number of carbonyl (C=O) groups excluding carboxylic acids is 1. The molecular formula is C22H25F2N5O3S. The Kier molecular flexibility index (Phi) is 6.71. The fourth-order valence-corrected chi connectivity index (χ4v) is 5.12. The van der Waals surface area contributed by atoms with Crippen molar-refractivity contribution in [2.24, 2.45) is 0 Å². The van der Waals surface area contributed by atoms with Gasteiger partial charge < -0.3 is 5.32 Å². The second kappa shape index (κ2) is 9.52. The molecule has 1 saturated heterocycles. The lowest BCUT2D eigenvalue weighted by atomic mass is 9.95. The summed E-state index contributed by atoms with van der Waals surface area (Å²) in [4.78, 5) is 17.1. The molecule has 1 aromatic carbocycles. The first-order valence-corrected chi connectivity index (χ1v) is 12.5. The number of benzene rings is 1. The van der Waals surface area contributed by atoms with Gasteiger partial charge in [-0.05, 0) is 50.0 Å². The third-order valence-electron chi connectivity index (χ3n) is 5.62. The summed E-state index contributed by atoms with van der Waals surface area (Å²) in [6.07, 6.45) is 5.06. The Balaban J connectivity index is 1.56. The normalized spacial score (nSPS) is 15.1. The topological polar surface area (TPSA) is 105 Å². The number of halogens is 2. The highest BCUT2D eigenvalue weighted by atomic mass is 32.2. The van der Waals surface area contributed by atoms with Crippen LogP contribution < -0.4 is 10.0 Å². The molecule has 0 amide bonds. The minimum Gasteiger partial charge on any atom is -0.317 e. The maximum absolute atomic E-state index is 14.9. The number of anilines is 1. The molecule has 11 heteroatoms. The van der Waals surface area contributed by atoms with Crippen LogP contribution >= 0.6 is 0 Å². The quantitative estimate of drug-likeness (QED) is 0.483. The molecule has 3 heterocycles. The van der Waals surface area contributed by atoms with Gasteiger partial charge in [-0.1, -0.05) is 6.92 Å². The number of nitrogens with zero attached hydrogens (tertiary/aromatic N) is 3. The zero-order chi connectivity index (χ0) is 23.6. The number of fused-ring (bicyclic) bond motifs is 1. The van der Waals surface area contributed by atoms with E-state index < -0.39 is 38.7 Å². The highest BCUT2D eigenvalue weighted by Crippen LogP contribution is 2.26. The Labute approximate surface area is 190 Å². The van der Waals surface area contributed by atoms with Gasteiger partial charge in [0.05, 0.1) is 22.7 Å². The molecule has 0 unspecified atom stereocenters. The number of ketones is 1. The van der Waals surface area contributed by atoms with E-state index in [1.54, 1.807) is 17.6 Å². The number of nitrogens with one attached hydrogen (secondary N) is 2. The first-order valence-electron chi connectivity index (χ1n) is 10.8. The van der Waals surface area contributed by atoms with Gasteiger partial charge in [0.15, 0.2) is 17.2 Å². The Morgan fingerprint density at radius 1 is 1.27 bits per heavy atom. The van der Waals surface area contributed by atoms with Gasteiger partial charge >= 0.3 is 0 Å². The van der Waals surface area contributed by atoms with Crippen molar-refractivity contribution in [2.75, 3.05) is 23.6 Å². The van der Waals surface area contributed by atoms with E-state index in [2.05, 4.69) is 20.1 Å². The molecule has 2 aromatic heterocycles. The fourth-order valence-electron chi connectivity index (χ4n) is 3.99. The van der Waals surface area contributed by atoms with E-state index in [1.165, 1.54) is 6.20 Å². The average molecular weight is 478 g/mol. The minimum atomic E-state index is -3.80.